The summed E-state index contributed by atoms with van der Waals surface area (Å²) in [5.74, 6) is 0. The number of hydrogen-bond donors (Lipinski definition) is 5. The largest absolute Gasteiger partial charge is 0.395 e. The molecule has 0 aliphatic rings. The van der Waals surface area contributed by atoms with Crippen LogP contribution in [0.2, 0.25) is 0 Å². The van der Waals surface area contributed by atoms with Crippen molar-refractivity contribution >= 4 is 0 Å². The lowest BCUT2D eigenvalue weighted by Crippen LogP contribution is -2.32. The zero-order valence-corrected chi connectivity index (χ0v) is 8.34. The summed E-state index contributed by atoms with van der Waals surface area (Å²) >= 11 is 0. The molecule has 0 aromatic carbocycles. The molecule has 0 unspecified atom stereocenters. The Kier molecular flexibility index (Phi) is 17.6. The number of hydrogen-bond acceptors (Lipinski definition) is 6. The molecular formula is C8H21NO5. The number of aliphatic hydroxyl groups is 5. The topological polar surface area (TPSA) is 104 Å². The second kappa shape index (κ2) is 15.2. The second-order valence-electron chi connectivity index (χ2n) is 2.46. The monoisotopic (exact) mass is 211 g/mol. The minimum absolute atomic E-state index is 0.0694. The Morgan fingerprint density at radius 2 is 0.786 bits per heavy atom. The van der Waals surface area contributed by atoms with Crippen LogP contribution in [0.15, 0.2) is 0 Å². The molecule has 88 valence electrons. The lowest BCUT2D eigenvalue weighted by molar-refractivity contribution is 0.136. The highest BCUT2D eigenvalue weighted by molar-refractivity contribution is 4.54. The third-order valence-electron chi connectivity index (χ3n) is 1.35. The van der Waals surface area contributed by atoms with Gasteiger partial charge in [0.15, 0.2) is 0 Å². The van der Waals surface area contributed by atoms with E-state index in [9.17, 15) is 0 Å². The van der Waals surface area contributed by atoms with Crippen LogP contribution in [0.5, 0.6) is 0 Å². The van der Waals surface area contributed by atoms with Crippen molar-refractivity contribution in [3.8, 4) is 0 Å². The molecule has 0 amide bonds. The number of nitrogens with zero attached hydrogens (tertiary/aromatic N) is 1. The number of rotatable bonds is 7. The normalized spacial score (nSPS) is 9.86. The van der Waals surface area contributed by atoms with Gasteiger partial charge in [0, 0.05) is 19.6 Å². The van der Waals surface area contributed by atoms with Gasteiger partial charge in [0.05, 0.1) is 33.0 Å². The van der Waals surface area contributed by atoms with E-state index >= 15 is 0 Å². The Bertz CT molecular complexity index is 77.5. The van der Waals surface area contributed by atoms with Crippen molar-refractivity contribution in [3.63, 3.8) is 0 Å². The van der Waals surface area contributed by atoms with Crippen molar-refractivity contribution in [2.24, 2.45) is 0 Å². The second-order valence-corrected chi connectivity index (χ2v) is 2.46. The molecule has 0 rings (SSSR count). The zero-order chi connectivity index (χ0) is 11.2. The van der Waals surface area contributed by atoms with Gasteiger partial charge in [-0.3, -0.25) is 4.90 Å². The summed E-state index contributed by atoms with van der Waals surface area (Å²) in [6, 6.07) is 0. The van der Waals surface area contributed by atoms with Gasteiger partial charge in [0.2, 0.25) is 0 Å². The van der Waals surface area contributed by atoms with Gasteiger partial charge >= 0.3 is 0 Å². The SMILES string of the molecule is OCCN(CCO)CCO.OCCO. The van der Waals surface area contributed by atoms with Crippen LogP contribution in [0.3, 0.4) is 0 Å². The van der Waals surface area contributed by atoms with Gasteiger partial charge in [-0.1, -0.05) is 0 Å². The van der Waals surface area contributed by atoms with Crippen molar-refractivity contribution in [3.05, 3.63) is 0 Å². The lowest BCUT2D eigenvalue weighted by atomic mass is 10.4. The zero-order valence-electron chi connectivity index (χ0n) is 8.34. The predicted molar refractivity (Wildman–Crippen MR) is 51.9 cm³/mol. The molecular weight excluding hydrogens is 190 g/mol. The highest BCUT2D eigenvalue weighted by atomic mass is 16.3. The molecule has 5 N–H and O–H groups in total. The van der Waals surface area contributed by atoms with Gasteiger partial charge in [-0.25, -0.2) is 0 Å². The maximum atomic E-state index is 8.48. The first-order valence-electron chi connectivity index (χ1n) is 4.53. The van der Waals surface area contributed by atoms with Crippen molar-refractivity contribution in [2.75, 3.05) is 52.7 Å². The molecule has 0 saturated carbocycles. The molecule has 0 heterocycles. The van der Waals surface area contributed by atoms with Crippen LogP contribution in [-0.2, 0) is 0 Å². The average molecular weight is 211 g/mol. The Hall–Kier alpha value is -0.240. The summed E-state index contributed by atoms with van der Waals surface area (Å²) in [7, 11) is 0. The molecule has 0 bridgehead atoms. The van der Waals surface area contributed by atoms with E-state index in [-0.39, 0.29) is 33.0 Å². The van der Waals surface area contributed by atoms with Gasteiger partial charge in [-0.2, -0.15) is 0 Å². The van der Waals surface area contributed by atoms with Gasteiger partial charge in [-0.15, -0.1) is 0 Å². The molecule has 0 aromatic rings. The van der Waals surface area contributed by atoms with Crippen LogP contribution in [0, 0.1) is 0 Å². The van der Waals surface area contributed by atoms with Gasteiger partial charge in [-0.05, 0) is 0 Å². The highest BCUT2D eigenvalue weighted by Gasteiger charge is 2.00. The summed E-state index contributed by atoms with van der Waals surface area (Å²) in [4.78, 5) is 1.79. The van der Waals surface area contributed by atoms with Crippen molar-refractivity contribution in [1.82, 2.24) is 4.90 Å². The van der Waals surface area contributed by atoms with E-state index in [0.717, 1.165) is 0 Å². The van der Waals surface area contributed by atoms with Crippen LogP contribution in [0.1, 0.15) is 0 Å². The standard InChI is InChI=1S/C6H15NO3.C2H6O2/c8-4-1-7(2-5-9)3-6-10;3-1-2-4/h8-10H,1-6H2;3-4H,1-2H2. The molecule has 0 atom stereocenters. The Labute approximate surface area is 84.0 Å². The van der Waals surface area contributed by atoms with E-state index in [4.69, 9.17) is 25.5 Å². The van der Waals surface area contributed by atoms with Crippen LogP contribution >= 0.6 is 0 Å². The molecule has 6 nitrogen and oxygen atoms in total. The van der Waals surface area contributed by atoms with Crippen LogP contribution < -0.4 is 0 Å². The molecule has 0 saturated heterocycles. The van der Waals surface area contributed by atoms with Crippen molar-refractivity contribution in [1.29, 1.82) is 0 Å². The highest BCUT2D eigenvalue weighted by Crippen LogP contribution is 1.84. The van der Waals surface area contributed by atoms with Gasteiger partial charge in [0.1, 0.15) is 0 Å². The molecule has 0 spiro atoms. The smallest absolute Gasteiger partial charge is 0.0662 e. The van der Waals surface area contributed by atoms with Crippen LogP contribution in [-0.4, -0.2) is 83.1 Å². The molecule has 0 fully saturated rings. The van der Waals surface area contributed by atoms with E-state index in [1.807, 2.05) is 0 Å². The third-order valence-corrected chi connectivity index (χ3v) is 1.35. The fourth-order valence-corrected chi connectivity index (χ4v) is 0.760. The van der Waals surface area contributed by atoms with Gasteiger partial charge in [0.25, 0.3) is 0 Å². The first-order valence-corrected chi connectivity index (χ1v) is 4.53. The third kappa shape index (κ3) is 14.3. The summed E-state index contributed by atoms with van der Waals surface area (Å²) in [5.41, 5.74) is 0. The van der Waals surface area contributed by atoms with Crippen molar-refractivity contribution < 1.29 is 25.5 Å². The van der Waals surface area contributed by atoms with E-state index in [1.165, 1.54) is 0 Å². The predicted octanol–water partition coefficient (Wildman–Crippen LogP) is -2.76. The summed E-state index contributed by atoms with van der Waals surface area (Å²) in [6.07, 6.45) is 0. The van der Waals surface area contributed by atoms with E-state index in [2.05, 4.69) is 0 Å². The molecule has 14 heavy (non-hydrogen) atoms. The maximum absolute atomic E-state index is 8.48. The average Bonchev–Trinajstić information content (AvgIpc) is 2.20. The van der Waals surface area contributed by atoms with Crippen LogP contribution in [0.4, 0.5) is 0 Å². The minimum atomic E-state index is -0.125. The Morgan fingerprint density at radius 1 is 0.500 bits per heavy atom. The first kappa shape index (κ1) is 16.2. The molecule has 6 heteroatoms. The minimum Gasteiger partial charge on any atom is -0.395 e. The fraction of sp³-hybridized carbons (Fsp3) is 1.00. The quantitative estimate of drug-likeness (QED) is 0.312. The summed E-state index contributed by atoms with van der Waals surface area (Å²) < 4.78 is 0. The molecule has 0 radical (unpaired) electrons. The first-order chi connectivity index (χ1) is 6.76. The number of aliphatic hydroxyl groups excluding tert-OH is 5. The molecule has 0 aromatic heterocycles. The van der Waals surface area contributed by atoms with Crippen LogP contribution in [0.25, 0.3) is 0 Å². The Morgan fingerprint density at radius 3 is 0.929 bits per heavy atom. The fourth-order valence-electron chi connectivity index (χ4n) is 0.760. The maximum Gasteiger partial charge on any atom is 0.0662 e. The Balaban J connectivity index is 0. The molecule has 0 aliphatic heterocycles. The summed E-state index contributed by atoms with van der Waals surface area (Å²) in [5, 5.41) is 40.7. The van der Waals surface area contributed by atoms with E-state index in [1.54, 1.807) is 4.90 Å². The lowest BCUT2D eigenvalue weighted by Gasteiger charge is -2.17. The summed E-state index contributed by atoms with van der Waals surface area (Å²) in [6.45, 7) is 1.50. The van der Waals surface area contributed by atoms with E-state index in [0.29, 0.717) is 19.6 Å². The van der Waals surface area contributed by atoms with Crippen molar-refractivity contribution in [2.45, 2.75) is 0 Å². The van der Waals surface area contributed by atoms with Gasteiger partial charge < -0.3 is 25.5 Å². The van der Waals surface area contributed by atoms with E-state index < -0.39 is 0 Å². The molecule has 0 aliphatic carbocycles.